The van der Waals surface area contributed by atoms with Crippen molar-refractivity contribution in [3.63, 3.8) is 0 Å². The number of carbonyl (C=O) groups is 2. The predicted octanol–water partition coefficient (Wildman–Crippen LogP) is -3.46. The zero-order valence-corrected chi connectivity index (χ0v) is 11.5. The summed E-state index contributed by atoms with van der Waals surface area (Å²) in [6.45, 7) is 0. The Balaban J connectivity index is 0.000000197. The first-order valence-electron chi connectivity index (χ1n) is 6.18. The zero-order valence-electron chi connectivity index (χ0n) is 11.5. The van der Waals surface area contributed by atoms with E-state index in [4.69, 9.17) is 0 Å². The number of quaternary nitrogens is 2. The van der Waals surface area contributed by atoms with Gasteiger partial charge in [0.1, 0.15) is 12.4 Å². The van der Waals surface area contributed by atoms with Gasteiger partial charge >= 0.3 is 0 Å². The number of nitrogens with zero attached hydrogens (tertiary/aromatic N) is 2. The molecule has 0 saturated heterocycles. The van der Waals surface area contributed by atoms with Gasteiger partial charge < -0.3 is 19.8 Å². The molecule has 0 spiro atoms. The monoisotopic (exact) mass is 302 g/mol. The van der Waals surface area contributed by atoms with Crippen LogP contribution in [0.25, 0.3) is 0 Å². The second-order valence-corrected chi connectivity index (χ2v) is 3.78. The maximum Gasteiger partial charge on any atom is 0.191 e. The Morgan fingerprint density at radius 2 is 1.23 bits per heavy atom. The number of benzene rings is 1. The lowest BCUT2D eigenvalue weighted by Gasteiger charge is -2.09. The normalized spacial score (nSPS) is 13.1. The Morgan fingerprint density at radius 3 is 1.41 bits per heavy atom. The van der Waals surface area contributed by atoms with Crippen LogP contribution in [0, 0.1) is 0 Å². The van der Waals surface area contributed by atoms with Crippen LogP contribution in [-0.2, 0) is 0 Å². The maximum absolute atomic E-state index is 10.3. The first-order chi connectivity index (χ1) is 10.6. The molecule has 1 aromatic rings. The molecule has 0 bridgehead atoms. The molecule has 114 valence electrons. The maximum atomic E-state index is 10.3. The first kappa shape index (κ1) is 17.0. The second-order valence-electron chi connectivity index (χ2n) is 3.78. The number of carboxylic acids is 2. The molecule has 0 atom stereocenters. The Morgan fingerprint density at radius 1 is 0.818 bits per heavy atom. The highest BCUT2D eigenvalue weighted by Gasteiger charge is 2.01. The third-order valence-electron chi connectivity index (χ3n) is 2.28. The molecule has 0 aliphatic carbocycles. The number of hydrogen-bond donors (Lipinski definition) is 2. The zero-order chi connectivity index (χ0) is 16.2. The van der Waals surface area contributed by atoms with E-state index in [-0.39, 0.29) is 11.1 Å². The van der Waals surface area contributed by atoms with Crippen LogP contribution in [0.15, 0.2) is 59.1 Å². The van der Waals surface area contributed by atoms with E-state index in [0.717, 1.165) is 12.1 Å². The number of carboxylic acid groups (broad SMARTS) is 2. The number of hydrogen-bond acceptors (Lipinski definition) is 6. The van der Waals surface area contributed by atoms with E-state index >= 15 is 0 Å². The van der Waals surface area contributed by atoms with Gasteiger partial charge in [-0.05, 0) is 0 Å². The summed E-state index contributed by atoms with van der Waals surface area (Å²) < 4.78 is 0. The molecule has 2 aliphatic rings. The molecular weight excluding hydrogens is 288 g/mol. The van der Waals surface area contributed by atoms with E-state index in [9.17, 15) is 19.8 Å². The molecule has 2 aliphatic heterocycles. The van der Waals surface area contributed by atoms with Crippen LogP contribution < -0.4 is 20.8 Å². The molecule has 8 nitrogen and oxygen atoms in total. The summed E-state index contributed by atoms with van der Waals surface area (Å²) in [4.78, 5) is 28.1. The number of carbonyl (C=O) groups excluding carboxylic acids is 2. The van der Waals surface area contributed by atoms with Crippen LogP contribution in [0.3, 0.4) is 0 Å². The molecule has 1 aromatic carbocycles. The highest BCUT2D eigenvalue weighted by atomic mass is 16.4. The standard InChI is InChI=1S/C8H6O4.2C3H4N2/c9-7(10)5-3-1-2-4-6(5)8(11)12;2*1-2-5-3-4-1/h1-4H,(H,9,10)(H,11,12);2*1-3H,(H,4,5). The Hall–Kier alpha value is -3.10. The molecule has 22 heavy (non-hydrogen) atoms. The summed E-state index contributed by atoms with van der Waals surface area (Å²) in [6.07, 6.45) is 10.8. The van der Waals surface area contributed by atoms with E-state index in [0.29, 0.717) is 0 Å². The first-order valence-corrected chi connectivity index (χ1v) is 6.18. The largest absolute Gasteiger partial charge is 0.545 e. The molecule has 0 fully saturated rings. The van der Waals surface area contributed by atoms with Gasteiger partial charge in [-0.25, -0.2) is 9.98 Å². The average molecular weight is 302 g/mol. The van der Waals surface area contributed by atoms with Crippen molar-refractivity contribution in [2.45, 2.75) is 0 Å². The van der Waals surface area contributed by atoms with Gasteiger partial charge in [-0.3, -0.25) is 10.6 Å². The molecule has 3 rings (SSSR count). The predicted molar refractivity (Wildman–Crippen MR) is 74.2 cm³/mol. The Labute approximate surface area is 126 Å². The van der Waals surface area contributed by atoms with Crippen molar-refractivity contribution >= 4 is 24.6 Å². The van der Waals surface area contributed by atoms with Crippen LogP contribution in [-0.4, -0.2) is 24.6 Å². The van der Waals surface area contributed by atoms with Crippen molar-refractivity contribution < 1.29 is 30.4 Å². The van der Waals surface area contributed by atoms with E-state index in [1.54, 1.807) is 25.1 Å². The van der Waals surface area contributed by atoms with Gasteiger partial charge in [-0.2, -0.15) is 0 Å². The quantitative estimate of drug-likeness (QED) is 0.586. The lowest BCUT2D eigenvalue weighted by molar-refractivity contribution is -0.447. The fraction of sp³-hybridized carbons (Fsp3) is 0. The second kappa shape index (κ2) is 9.75. The number of aromatic carboxylic acids is 2. The van der Waals surface area contributed by atoms with Crippen LogP contribution in [0.1, 0.15) is 20.7 Å². The van der Waals surface area contributed by atoms with E-state index in [1.165, 1.54) is 12.1 Å². The highest BCUT2D eigenvalue weighted by Crippen LogP contribution is 2.05. The Kier molecular flexibility index (Phi) is 7.51. The van der Waals surface area contributed by atoms with Gasteiger partial charge in [0.25, 0.3) is 0 Å². The van der Waals surface area contributed by atoms with Crippen LogP contribution >= 0.6 is 0 Å². The third-order valence-corrected chi connectivity index (χ3v) is 2.28. The molecule has 0 saturated carbocycles. The third kappa shape index (κ3) is 6.37. The van der Waals surface area contributed by atoms with Gasteiger partial charge in [-0.1, -0.05) is 24.3 Å². The lowest BCUT2D eigenvalue weighted by atomic mass is 10.1. The van der Waals surface area contributed by atoms with Gasteiger partial charge in [-0.15, -0.1) is 0 Å². The summed E-state index contributed by atoms with van der Waals surface area (Å²) >= 11 is 0. The fourth-order valence-electron chi connectivity index (χ4n) is 1.34. The smallest absolute Gasteiger partial charge is 0.191 e. The van der Waals surface area contributed by atoms with Crippen molar-refractivity contribution in [3.8, 4) is 0 Å². The molecule has 2 heterocycles. The summed E-state index contributed by atoms with van der Waals surface area (Å²) in [5.74, 6) is -3.04. The van der Waals surface area contributed by atoms with Crippen LogP contribution in [0.2, 0.25) is 0 Å². The molecule has 0 radical (unpaired) electrons. The summed E-state index contributed by atoms with van der Waals surface area (Å²) in [7, 11) is 0. The molecule has 4 N–H and O–H groups in total. The highest BCUT2D eigenvalue weighted by molar-refractivity contribution is 5.99. The molecule has 0 amide bonds. The summed E-state index contributed by atoms with van der Waals surface area (Å²) in [5.41, 5.74) is -0.727. The van der Waals surface area contributed by atoms with Crippen molar-refractivity contribution in [1.29, 1.82) is 0 Å². The topological polar surface area (TPSA) is 138 Å². The van der Waals surface area contributed by atoms with Gasteiger partial charge in [0.05, 0.1) is 24.3 Å². The van der Waals surface area contributed by atoms with Gasteiger partial charge in [0.2, 0.25) is 0 Å². The lowest BCUT2D eigenvalue weighted by Crippen LogP contribution is -2.74. The number of nitrogens with two attached hydrogens (primary N) is 2. The van der Waals surface area contributed by atoms with Crippen LogP contribution in [0.4, 0.5) is 0 Å². The molecule has 0 aromatic heterocycles. The summed E-state index contributed by atoms with van der Waals surface area (Å²) in [6, 6.07) is 5.14. The minimum atomic E-state index is -1.52. The van der Waals surface area contributed by atoms with Crippen LogP contribution in [0.5, 0.6) is 0 Å². The molecular formula is C14H14N4O4. The van der Waals surface area contributed by atoms with Gasteiger partial charge in [0.15, 0.2) is 12.7 Å². The summed E-state index contributed by atoms with van der Waals surface area (Å²) in [5, 5.41) is 24.4. The minimum absolute atomic E-state index is 0.363. The molecule has 8 heteroatoms. The van der Waals surface area contributed by atoms with Crippen molar-refractivity contribution in [2.75, 3.05) is 0 Å². The van der Waals surface area contributed by atoms with E-state index < -0.39 is 11.9 Å². The Bertz CT molecular complexity index is 560. The fourth-order valence-corrected chi connectivity index (χ4v) is 1.34. The number of aliphatic imine (C=N–C) groups is 2. The SMILES string of the molecule is C1=C[NH2+]C=N1.C1=C[NH2+]C=N1.O=C([O-])c1ccccc1C(=O)[O-]. The van der Waals surface area contributed by atoms with E-state index in [2.05, 4.69) is 9.98 Å². The van der Waals surface area contributed by atoms with Crippen molar-refractivity contribution in [2.24, 2.45) is 9.98 Å². The van der Waals surface area contributed by atoms with E-state index in [1.807, 2.05) is 23.0 Å². The average Bonchev–Trinajstić information content (AvgIpc) is 3.25. The van der Waals surface area contributed by atoms with Crippen molar-refractivity contribution in [1.82, 2.24) is 0 Å². The van der Waals surface area contributed by atoms with Gasteiger partial charge in [0, 0.05) is 11.1 Å². The number of rotatable bonds is 2. The minimum Gasteiger partial charge on any atom is -0.545 e. The van der Waals surface area contributed by atoms with Crippen molar-refractivity contribution in [3.05, 3.63) is 60.2 Å². The molecule has 0 unspecified atom stereocenters.